The normalized spacial score (nSPS) is 10.9. The second-order valence-corrected chi connectivity index (χ2v) is 7.03. The minimum absolute atomic E-state index is 0.0388. The number of hydrogen-bond donors (Lipinski definition) is 1. The van der Waals surface area contributed by atoms with Gasteiger partial charge in [-0.05, 0) is 24.1 Å². The summed E-state index contributed by atoms with van der Waals surface area (Å²) >= 11 is 1.33. The average Bonchev–Trinajstić information content (AvgIpc) is 3.18. The minimum Gasteiger partial charge on any atom is -0.355 e. The Morgan fingerprint density at radius 1 is 1.00 bits per heavy atom. The van der Waals surface area contributed by atoms with Crippen LogP contribution < -0.4 is 5.32 Å². The van der Waals surface area contributed by atoms with Crippen molar-refractivity contribution < 1.29 is 4.79 Å². The van der Waals surface area contributed by atoms with E-state index in [2.05, 4.69) is 37.7 Å². The van der Waals surface area contributed by atoms with Gasteiger partial charge in [-0.3, -0.25) is 4.79 Å². The number of rotatable bonds is 7. The van der Waals surface area contributed by atoms with Crippen LogP contribution in [0.15, 0.2) is 72.0 Å². The van der Waals surface area contributed by atoms with Gasteiger partial charge >= 0.3 is 0 Å². The second kappa shape index (κ2) is 8.62. The van der Waals surface area contributed by atoms with E-state index in [1.54, 1.807) is 4.68 Å². The molecule has 28 heavy (non-hydrogen) atoms. The molecular weight excluding hydrogens is 372 g/mol. The molecule has 2 aromatic heterocycles. The smallest absolute Gasteiger partial charge is 0.230 e. The summed E-state index contributed by atoms with van der Waals surface area (Å²) in [5, 5.41) is 12.0. The molecule has 2 aromatic carbocycles. The highest BCUT2D eigenvalue weighted by atomic mass is 32.2. The van der Waals surface area contributed by atoms with E-state index in [4.69, 9.17) is 0 Å². The summed E-state index contributed by atoms with van der Waals surface area (Å²) < 4.78 is 1.67. The predicted octanol–water partition coefficient (Wildman–Crippen LogP) is 2.66. The Balaban J connectivity index is 1.38. The van der Waals surface area contributed by atoms with Gasteiger partial charge in [0.05, 0.1) is 11.4 Å². The van der Waals surface area contributed by atoms with Crippen molar-refractivity contribution in [3.05, 3.63) is 72.6 Å². The van der Waals surface area contributed by atoms with Crippen LogP contribution >= 0.6 is 11.8 Å². The number of hydrogen-bond acceptors (Lipinski definition) is 6. The molecule has 0 spiro atoms. The first-order chi connectivity index (χ1) is 13.8. The predicted molar refractivity (Wildman–Crippen MR) is 108 cm³/mol. The zero-order valence-electron chi connectivity index (χ0n) is 15.0. The highest BCUT2D eigenvalue weighted by Crippen LogP contribution is 2.23. The van der Waals surface area contributed by atoms with Crippen molar-refractivity contribution in [2.24, 2.45) is 0 Å². The number of carbonyl (C=O) groups is 1. The monoisotopic (exact) mass is 390 g/mol. The standard InChI is InChI=1S/C20H18N6OS/c27-17(21-12-11-15-7-3-1-4-8-15)13-28-20-18-19(22-14-23-20)26(25-24-18)16-9-5-2-6-10-16/h1-10,14H,11-13H2,(H,21,27). The molecular formula is C20H18N6OS. The largest absolute Gasteiger partial charge is 0.355 e. The van der Waals surface area contributed by atoms with Gasteiger partial charge in [-0.15, -0.1) is 5.10 Å². The fourth-order valence-corrected chi connectivity index (χ4v) is 3.51. The van der Waals surface area contributed by atoms with Crippen molar-refractivity contribution in [3.8, 4) is 5.69 Å². The summed E-state index contributed by atoms with van der Waals surface area (Å²) in [4.78, 5) is 20.7. The van der Waals surface area contributed by atoms with Crippen LogP contribution in [0.3, 0.4) is 0 Å². The molecule has 2 heterocycles. The van der Waals surface area contributed by atoms with Gasteiger partial charge in [0, 0.05) is 6.54 Å². The summed E-state index contributed by atoms with van der Waals surface area (Å²) in [5.74, 6) is 0.224. The van der Waals surface area contributed by atoms with Gasteiger partial charge in [0.25, 0.3) is 0 Å². The van der Waals surface area contributed by atoms with Crippen LogP contribution in [0.25, 0.3) is 16.9 Å². The summed E-state index contributed by atoms with van der Waals surface area (Å²) in [6, 6.07) is 19.7. The second-order valence-electron chi connectivity index (χ2n) is 6.06. The molecule has 140 valence electrons. The summed E-state index contributed by atoms with van der Waals surface area (Å²) in [6.07, 6.45) is 2.28. The fourth-order valence-electron chi connectivity index (χ4n) is 2.75. The number of amides is 1. The van der Waals surface area contributed by atoms with Gasteiger partial charge in [-0.25, -0.2) is 9.97 Å². The lowest BCUT2D eigenvalue weighted by Crippen LogP contribution is -2.27. The molecule has 4 rings (SSSR count). The molecule has 0 saturated heterocycles. The van der Waals surface area contributed by atoms with Gasteiger partial charge in [0.15, 0.2) is 11.2 Å². The van der Waals surface area contributed by atoms with Crippen LogP contribution in [0, 0.1) is 0 Å². The molecule has 7 nitrogen and oxygen atoms in total. The van der Waals surface area contributed by atoms with Crippen molar-refractivity contribution in [1.29, 1.82) is 0 Å². The van der Waals surface area contributed by atoms with E-state index in [9.17, 15) is 4.79 Å². The quantitative estimate of drug-likeness (QED) is 0.386. The molecule has 0 unspecified atom stereocenters. The topological polar surface area (TPSA) is 85.6 Å². The van der Waals surface area contributed by atoms with Crippen LogP contribution in [-0.2, 0) is 11.2 Å². The molecule has 0 saturated carbocycles. The maximum Gasteiger partial charge on any atom is 0.230 e. The Labute approximate surface area is 166 Å². The maximum absolute atomic E-state index is 12.2. The lowest BCUT2D eigenvalue weighted by Gasteiger charge is -2.05. The highest BCUT2D eigenvalue weighted by molar-refractivity contribution is 8.00. The van der Waals surface area contributed by atoms with E-state index in [1.165, 1.54) is 23.7 Å². The van der Waals surface area contributed by atoms with Crippen LogP contribution in [0.4, 0.5) is 0 Å². The Morgan fingerprint density at radius 2 is 1.75 bits per heavy atom. The number of fused-ring (bicyclic) bond motifs is 1. The van der Waals surface area contributed by atoms with Gasteiger partial charge in [0.1, 0.15) is 11.4 Å². The summed E-state index contributed by atoms with van der Waals surface area (Å²) in [7, 11) is 0. The molecule has 0 aliphatic carbocycles. The Kier molecular flexibility index (Phi) is 5.58. The lowest BCUT2D eigenvalue weighted by molar-refractivity contribution is -0.118. The number of benzene rings is 2. The molecule has 0 aliphatic rings. The first-order valence-corrected chi connectivity index (χ1v) is 9.85. The molecule has 0 atom stereocenters. The summed E-state index contributed by atoms with van der Waals surface area (Å²) in [6.45, 7) is 0.604. The maximum atomic E-state index is 12.2. The minimum atomic E-state index is -0.0388. The van der Waals surface area contributed by atoms with Crippen molar-refractivity contribution in [1.82, 2.24) is 30.3 Å². The molecule has 0 aliphatic heterocycles. The lowest BCUT2D eigenvalue weighted by atomic mass is 10.1. The van der Waals surface area contributed by atoms with Crippen LogP contribution in [0.2, 0.25) is 0 Å². The molecule has 8 heteroatoms. The van der Waals surface area contributed by atoms with E-state index in [0.717, 1.165) is 12.1 Å². The third-order valence-electron chi connectivity index (χ3n) is 4.12. The van der Waals surface area contributed by atoms with E-state index in [0.29, 0.717) is 22.7 Å². The molecule has 1 amide bonds. The first-order valence-electron chi connectivity index (χ1n) is 8.86. The van der Waals surface area contributed by atoms with Gasteiger partial charge in [0.2, 0.25) is 5.91 Å². The number of para-hydroxylation sites is 1. The molecule has 0 radical (unpaired) electrons. The number of nitrogens with zero attached hydrogens (tertiary/aromatic N) is 5. The van der Waals surface area contributed by atoms with E-state index in [1.807, 2.05) is 48.5 Å². The Morgan fingerprint density at radius 3 is 2.54 bits per heavy atom. The molecule has 0 fully saturated rings. The molecule has 1 N–H and O–H groups in total. The third-order valence-corrected chi connectivity index (χ3v) is 5.10. The van der Waals surface area contributed by atoms with Crippen LogP contribution in [0.1, 0.15) is 5.56 Å². The van der Waals surface area contributed by atoms with Crippen molar-refractivity contribution in [2.45, 2.75) is 11.4 Å². The SMILES string of the molecule is O=C(CSc1ncnc2c1nnn2-c1ccccc1)NCCc1ccccc1. The molecule has 4 aromatic rings. The zero-order chi connectivity index (χ0) is 19.2. The number of thioether (sulfide) groups is 1. The van der Waals surface area contributed by atoms with Crippen LogP contribution in [-0.4, -0.2) is 43.2 Å². The fraction of sp³-hybridized carbons (Fsp3) is 0.150. The van der Waals surface area contributed by atoms with Crippen molar-refractivity contribution in [2.75, 3.05) is 12.3 Å². The third kappa shape index (κ3) is 4.17. The van der Waals surface area contributed by atoms with Gasteiger partial charge in [-0.2, -0.15) is 4.68 Å². The van der Waals surface area contributed by atoms with Crippen molar-refractivity contribution in [3.63, 3.8) is 0 Å². The van der Waals surface area contributed by atoms with E-state index < -0.39 is 0 Å². The van der Waals surface area contributed by atoms with Crippen molar-refractivity contribution >= 4 is 28.8 Å². The highest BCUT2D eigenvalue weighted by Gasteiger charge is 2.14. The van der Waals surface area contributed by atoms with Crippen LogP contribution in [0.5, 0.6) is 0 Å². The number of carbonyl (C=O) groups excluding carboxylic acids is 1. The van der Waals surface area contributed by atoms with Gasteiger partial charge < -0.3 is 5.32 Å². The number of nitrogens with one attached hydrogen (secondary N) is 1. The first kappa shape index (κ1) is 18.1. The van der Waals surface area contributed by atoms with Gasteiger partial charge in [-0.1, -0.05) is 65.5 Å². The summed E-state index contributed by atoms with van der Waals surface area (Å²) in [5.41, 5.74) is 3.28. The number of aromatic nitrogens is 5. The Hall–Kier alpha value is -3.26. The molecule has 0 bridgehead atoms. The zero-order valence-corrected chi connectivity index (χ0v) is 15.8. The van der Waals surface area contributed by atoms with E-state index in [-0.39, 0.29) is 11.7 Å². The Bertz CT molecular complexity index is 1070. The van der Waals surface area contributed by atoms with E-state index >= 15 is 0 Å². The average molecular weight is 390 g/mol.